The van der Waals surface area contributed by atoms with Gasteiger partial charge in [0.2, 0.25) is 5.95 Å². The van der Waals surface area contributed by atoms with Gasteiger partial charge >= 0.3 is 0 Å². The molecule has 1 heterocycles. The fourth-order valence-corrected chi connectivity index (χ4v) is 1.97. The van der Waals surface area contributed by atoms with Crippen LogP contribution in [0.25, 0.3) is 11.3 Å². The molecule has 0 saturated carbocycles. The quantitative estimate of drug-likeness (QED) is 0.526. The summed E-state index contributed by atoms with van der Waals surface area (Å²) in [6.45, 7) is 0. The van der Waals surface area contributed by atoms with Gasteiger partial charge in [-0.05, 0) is 12.1 Å². The lowest BCUT2D eigenvalue weighted by Gasteiger charge is -2.08. The number of halogens is 6. The van der Waals surface area contributed by atoms with Crippen LogP contribution in [0.3, 0.4) is 0 Å². The van der Waals surface area contributed by atoms with Crippen molar-refractivity contribution < 1.29 is 13.2 Å². The third kappa shape index (κ3) is 2.28. The molecule has 0 saturated heterocycles. The van der Waals surface area contributed by atoms with Gasteiger partial charge in [-0.15, -0.1) is 0 Å². The molecule has 18 heavy (non-hydrogen) atoms. The zero-order valence-corrected chi connectivity index (χ0v) is 10.7. The van der Waals surface area contributed by atoms with E-state index in [1.54, 1.807) is 0 Å². The van der Waals surface area contributed by atoms with E-state index in [4.69, 9.17) is 34.8 Å². The van der Waals surface area contributed by atoms with Gasteiger partial charge in [0.05, 0.1) is 15.1 Å². The molecule has 0 spiro atoms. The van der Waals surface area contributed by atoms with Crippen molar-refractivity contribution in [2.24, 2.45) is 0 Å². The predicted molar refractivity (Wildman–Crippen MR) is 64.6 cm³/mol. The lowest BCUT2D eigenvalue weighted by molar-refractivity contribution is 0.466. The molecule has 0 N–H and O–H groups in total. The minimum absolute atomic E-state index is 0.0123. The van der Waals surface area contributed by atoms with Crippen LogP contribution in [0.1, 0.15) is 0 Å². The van der Waals surface area contributed by atoms with Crippen LogP contribution in [-0.2, 0) is 0 Å². The summed E-state index contributed by atoms with van der Waals surface area (Å²) in [6, 6.07) is 3.06. The van der Waals surface area contributed by atoms with Crippen LogP contribution >= 0.6 is 34.8 Å². The highest BCUT2D eigenvalue weighted by molar-refractivity contribution is 6.49. The summed E-state index contributed by atoms with van der Waals surface area (Å²) in [5.74, 6) is -3.85. The summed E-state index contributed by atoms with van der Waals surface area (Å²) in [6.07, 6.45) is 0. The van der Waals surface area contributed by atoms with Gasteiger partial charge in [0.25, 0.3) is 0 Å². The molecule has 0 bridgehead atoms. The van der Waals surface area contributed by atoms with Crippen molar-refractivity contribution in [3.05, 3.63) is 50.8 Å². The molecule has 0 radical (unpaired) electrons. The van der Waals surface area contributed by atoms with Crippen LogP contribution in [0, 0.1) is 17.6 Å². The first-order chi connectivity index (χ1) is 8.41. The van der Waals surface area contributed by atoms with Gasteiger partial charge in [-0.1, -0.05) is 34.8 Å². The number of hydrogen-bond donors (Lipinski definition) is 0. The number of aromatic nitrogens is 1. The van der Waals surface area contributed by atoms with Crippen LogP contribution in [0.4, 0.5) is 13.2 Å². The van der Waals surface area contributed by atoms with E-state index in [2.05, 4.69) is 4.98 Å². The Morgan fingerprint density at radius 2 is 1.56 bits per heavy atom. The summed E-state index contributed by atoms with van der Waals surface area (Å²) in [5, 5.41) is 0.0664. The maximum absolute atomic E-state index is 13.5. The van der Waals surface area contributed by atoms with Crippen molar-refractivity contribution >= 4 is 34.8 Å². The minimum atomic E-state index is -1.42. The molecule has 0 aliphatic rings. The van der Waals surface area contributed by atoms with Gasteiger partial charge in [-0.3, -0.25) is 0 Å². The molecular weight excluding hydrogens is 309 g/mol. The third-order valence-electron chi connectivity index (χ3n) is 2.18. The highest BCUT2D eigenvalue weighted by Crippen LogP contribution is 2.38. The van der Waals surface area contributed by atoms with Crippen molar-refractivity contribution in [3.8, 4) is 11.3 Å². The fourth-order valence-electron chi connectivity index (χ4n) is 1.34. The molecule has 7 heteroatoms. The van der Waals surface area contributed by atoms with Crippen LogP contribution in [0.2, 0.25) is 15.1 Å². The minimum Gasteiger partial charge on any atom is -0.214 e. The summed E-state index contributed by atoms with van der Waals surface area (Å²) >= 11 is 17.3. The lowest BCUT2D eigenvalue weighted by atomic mass is 10.1. The van der Waals surface area contributed by atoms with Crippen molar-refractivity contribution in [1.82, 2.24) is 4.98 Å². The molecule has 0 aliphatic heterocycles. The fraction of sp³-hybridized carbons (Fsp3) is 0. The second-order valence-corrected chi connectivity index (χ2v) is 4.48. The highest BCUT2D eigenvalue weighted by Gasteiger charge is 2.18. The van der Waals surface area contributed by atoms with E-state index < -0.39 is 23.3 Å². The molecule has 2 aromatic rings. The van der Waals surface area contributed by atoms with E-state index in [9.17, 15) is 13.2 Å². The number of pyridine rings is 1. The standard InChI is InChI=1S/C11H3Cl3F3N/c12-5-2-1-4(8(13)9(5)14)10-6(15)3-7(16)11(17)18-10/h1-3H. The zero-order chi connectivity index (χ0) is 13.4. The van der Waals surface area contributed by atoms with E-state index >= 15 is 0 Å². The zero-order valence-electron chi connectivity index (χ0n) is 8.45. The highest BCUT2D eigenvalue weighted by atomic mass is 35.5. The molecule has 94 valence electrons. The molecule has 0 atom stereocenters. The Hall–Kier alpha value is -0.970. The maximum atomic E-state index is 13.5. The molecule has 1 aromatic heterocycles. The molecule has 0 aliphatic carbocycles. The second-order valence-electron chi connectivity index (χ2n) is 3.31. The Balaban J connectivity index is 2.70. The average molecular weight is 313 g/mol. The monoisotopic (exact) mass is 311 g/mol. The first-order valence-corrected chi connectivity index (χ1v) is 5.70. The van der Waals surface area contributed by atoms with Crippen molar-refractivity contribution in [3.63, 3.8) is 0 Å². The predicted octanol–water partition coefficient (Wildman–Crippen LogP) is 5.13. The number of hydrogen-bond acceptors (Lipinski definition) is 1. The van der Waals surface area contributed by atoms with E-state index in [-0.39, 0.29) is 20.6 Å². The molecule has 0 amide bonds. The van der Waals surface area contributed by atoms with Crippen molar-refractivity contribution in [2.75, 3.05) is 0 Å². The van der Waals surface area contributed by atoms with E-state index in [0.29, 0.717) is 6.07 Å². The molecule has 1 nitrogen and oxygen atoms in total. The maximum Gasteiger partial charge on any atom is 0.249 e. The van der Waals surface area contributed by atoms with E-state index in [1.807, 2.05) is 0 Å². The summed E-state index contributed by atoms with van der Waals surface area (Å²) < 4.78 is 39.3. The number of benzene rings is 1. The third-order valence-corrected chi connectivity index (χ3v) is 3.47. The lowest BCUT2D eigenvalue weighted by Crippen LogP contribution is -1.97. The van der Waals surface area contributed by atoms with Crippen LogP contribution in [-0.4, -0.2) is 4.98 Å². The molecule has 0 unspecified atom stereocenters. The summed E-state index contributed by atoms with van der Waals surface area (Å²) in [7, 11) is 0. The van der Waals surface area contributed by atoms with Crippen LogP contribution < -0.4 is 0 Å². The van der Waals surface area contributed by atoms with E-state index in [1.165, 1.54) is 12.1 Å². The average Bonchev–Trinajstić information content (AvgIpc) is 2.32. The van der Waals surface area contributed by atoms with Crippen LogP contribution in [0.15, 0.2) is 18.2 Å². The van der Waals surface area contributed by atoms with Gasteiger partial charge < -0.3 is 0 Å². The summed E-state index contributed by atoms with van der Waals surface area (Å²) in [5.41, 5.74) is -0.403. The Labute approximate surface area is 115 Å². The van der Waals surface area contributed by atoms with Gasteiger partial charge in [-0.25, -0.2) is 13.8 Å². The van der Waals surface area contributed by atoms with E-state index in [0.717, 1.165) is 0 Å². The smallest absolute Gasteiger partial charge is 0.214 e. The molecule has 2 rings (SSSR count). The summed E-state index contributed by atoms with van der Waals surface area (Å²) in [4.78, 5) is 3.17. The normalized spacial score (nSPS) is 10.8. The second kappa shape index (κ2) is 4.96. The first-order valence-electron chi connectivity index (χ1n) is 4.57. The van der Waals surface area contributed by atoms with Gasteiger partial charge in [0.1, 0.15) is 5.69 Å². The van der Waals surface area contributed by atoms with Gasteiger partial charge in [-0.2, -0.15) is 4.39 Å². The Bertz CT molecular complexity index is 631. The van der Waals surface area contributed by atoms with Gasteiger partial charge in [0, 0.05) is 11.6 Å². The molecule has 0 fully saturated rings. The number of nitrogens with zero attached hydrogens (tertiary/aromatic N) is 1. The van der Waals surface area contributed by atoms with Crippen molar-refractivity contribution in [2.45, 2.75) is 0 Å². The molecular formula is C11H3Cl3F3N. The SMILES string of the molecule is Fc1cc(F)c(-c2ccc(Cl)c(Cl)c2Cl)nc1F. The van der Waals surface area contributed by atoms with Crippen molar-refractivity contribution in [1.29, 1.82) is 0 Å². The molecule has 1 aromatic carbocycles. The number of rotatable bonds is 1. The Morgan fingerprint density at radius 1 is 0.889 bits per heavy atom. The Kier molecular flexibility index (Phi) is 3.71. The van der Waals surface area contributed by atoms with Gasteiger partial charge in [0.15, 0.2) is 11.6 Å². The Morgan fingerprint density at radius 3 is 2.22 bits per heavy atom. The first kappa shape index (κ1) is 13.5. The largest absolute Gasteiger partial charge is 0.249 e. The topological polar surface area (TPSA) is 12.9 Å². The van der Waals surface area contributed by atoms with Crippen LogP contribution in [0.5, 0.6) is 0 Å².